The Kier molecular flexibility index (Phi) is 6.92. The van der Waals surface area contributed by atoms with E-state index in [1.54, 1.807) is 0 Å². The monoisotopic (exact) mass is 384 g/mol. The van der Waals surface area contributed by atoms with Gasteiger partial charge >= 0.3 is 0 Å². The standard InChI is InChI=1S/C23H29ClN2O/c1-3-18-7-9-20(10-8-18)17(2)25-23(27)21-11-13-26(14-12-21)16-19-5-4-6-22(24)15-19/h4-10,15,17,21H,3,11-14,16H2,1-2H3,(H,25,27)/t17-/m1/s1. The molecule has 0 bridgehead atoms. The van der Waals surface area contributed by atoms with Crippen LogP contribution in [0.2, 0.25) is 5.02 Å². The SMILES string of the molecule is CCc1ccc([C@@H](C)NC(=O)C2CCN(Cc3cccc(Cl)c3)CC2)cc1. The van der Waals surface area contributed by atoms with Gasteiger partial charge in [0.2, 0.25) is 5.91 Å². The zero-order chi connectivity index (χ0) is 19.2. The zero-order valence-corrected chi connectivity index (χ0v) is 17.0. The molecular formula is C23H29ClN2O. The van der Waals surface area contributed by atoms with Gasteiger partial charge in [-0.15, -0.1) is 0 Å². The first kappa shape index (κ1) is 19.9. The summed E-state index contributed by atoms with van der Waals surface area (Å²) in [5, 5.41) is 3.98. The topological polar surface area (TPSA) is 32.3 Å². The Morgan fingerprint density at radius 3 is 2.48 bits per heavy atom. The molecule has 1 heterocycles. The number of nitrogens with one attached hydrogen (secondary N) is 1. The molecule has 1 N–H and O–H groups in total. The quantitative estimate of drug-likeness (QED) is 0.760. The van der Waals surface area contributed by atoms with Crippen LogP contribution < -0.4 is 5.32 Å². The highest BCUT2D eigenvalue weighted by Crippen LogP contribution is 2.22. The largest absolute Gasteiger partial charge is 0.349 e. The maximum atomic E-state index is 12.7. The first-order chi connectivity index (χ1) is 13.0. The number of amides is 1. The number of hydrogen-bond acceptors (Lipinski definition) is 2. The van der Waals surface area contributed by atoms with E-state index in [-0.39, 0.29) is 17.9 Å². The van der Waals surface area contributed by atoms with Gasteiger partial charge in [-0.1, -0.05) is 54.9 Å². The van der Waals surface area contributed by atoms with Crippen LogP contribution in [0.1, 0.15) is 49.4 Å². The fourth-order valence-corrected chi connectivity index (χ4v) is 3.92. The molecule has 3 rings (SSSR count). The zero-order valence-electron chi connectivity index (χ0n) is 16.2. The van der Waals surface area contributed by atoms with Crippen molar-refractivity contribution in [1.82, 2.24) is 10.2 Å². The van der Waals surface area contributed by atoms with Crippen LogP contribution in [0.25, 0.3) is 0 Å². The normalized spacial score (nSPS) is 16.9. The number of halogens is 1. The van der Waals surface area contributed by atoms with Crippen molar-refractivity contribution in [3.05, 3.63) is 70.2 Å². The molecule has 1 amide bonds. The fraction of sp³-hybridized carbons (Fsp3) is 0.435. The van der Waals surface area contributed by atoms with E-state index in [0.29, 0.717) is 0 Å². The lowest BCUT2D eigenvalue weighted by molar-refractivity contribution is -0.127. The number of hydrogen-bond donors (Lipinski definition) is 1. The van der Waals surface area contributed by atoms with Crippen LogP contribution >= 0.6 is 11.6 Å². The minimum Gasteiger partial charge on any atom is -0.349 e. The molecular weight excluding hydrogens is 356 g/mol. The van der Waals surface area contributed by atoms with E-state index in [4.69, 9.17) is 11.6 Å². The number of carbonyl (C=O) groups excluding carboxylic acids is 1. The number of likely N-dealkylation sites (tertiary alicyclic amines) is 1. The third-order valence-electron chi connectivity index (χ3n) is 5.50. The molecule has 2 aromatic rings. The molecule has 0 saturated carbocycles. The lowest BCUT2D eigenvalue weighted by Gasteiger charge is -2.32. The number of piperidine rings is 1. The summed E-state index contributed by atoms with van der Waals surface area (Å²) < 4.78 is 0. The van der Waals surface area contributed by atoms with E-state index >= 15 is 0 Å². The van der Waals surface area contributed by atoms with Crippen LogP contribution in [0.5, 0.6) is 0 Å². The third kappa shape index (κ3) is 5.57. The molecule has 1 saturated heterocycles. The van der Waals surface area contributed by atoms with Gasteiger partial charge in [0.05, 0.1) is 6.04 Å². The average Bonchev–Trinajstić information content (AvgIpc) is 2.68. The number of rotatable bonds is 6. The molecule has 27 heavy (non-hydrogen) atoms. The first-order valence-corrected chi connectivity index (χ1v) is 10.3. The molecule has 0 aromatic heterocycles. The van der Waals surface area contributed by atoms with Crippen LogP contribution in [0.3, 0.4) is 0 Å². The highest BCUT2D eigenvalue weighted by molar-refractivity contribution is 6.30. The maximum absolute atomic E-state index is 12.7. The van der Waals surface area contributed by atoms with Crippen molar-refractivity contribution in [3.63, 3.8) is 0 Å². The molecule has 1 fully saturated rings. The molecule has 3 nitrogen and oxygen atoms in total. The van der Waals surface area contributed by atoms with Crippen LogP contribution in [-0.2, 0) is 17.8 Å². The summed E-state index contributed by atoms with van der Waals surface area (Å²) in [5.41, 5.74) is 3.72. The minimum absolute atomic E-state index is 0.0490. The van der Waals surface area contributed by atoms with Crippen LogP contribution in [0.15, 0.2) is 48.5 Å². The van der Waals surface area contributed by atoms with Crippen molar-refractivity contribution < 1.29 is 4.79 Å². The second-order valence-corrected chi connectivity index (χ2v) is 7.94. The second kappa shape index (κ2) is 9.38. The van der Waals surface area contributed by atoms with Gasteiger partial charge in [-0.25, -0.2) is 0 Å². The Balaban J connectivity index is 1.47. The molecule has 1 aliphatic rings. The fourth-order valence-electron chi connectivity index (χ4n) is 3.70. The molecule has 1 atom stereocenters. The van der Waals surface area contributed by atoms with Gasteiger partial charge in [0, 0.05) is 17.5 Å². The summed E-state index contributed by atoms with van der Waals surface area (Å²) in [6.07, 6.45) is 2.86. The van der Waals surface area contributed by atoms with Crippen molar-refractivity contribution >= 4 is 17.5 Å². The van der Waals surface area contributed by atoms with Crippen molar-refractivity contribution in [2.75, 3.05) is 13.1 Å². The lowest BCUT2D eigenvalue weighted by atomic mass is 9.94. The summed E-state index contributed by atoms with van der Waals surface area (Å²) in [5.74, 6) is 0.294. The number of nitrogens with zero attached hydrogens (tertiary/aromatic N) is 1. The van der Waals surface area contributed by atoms with Gasteiger partial charge in [-0.05, 0) is 68.1 Å². The van der Waals surface area contributed by atoms with Gasteiger partial charge in [0.1, 0.15) is 0 Å². The predicted molar refractivity (Wildman–Crippen MR) is 112 cm³/mol. The smallest absolute Gasteiger partial charge is 0.223 e. The van der Waals surface area contributed by atoms with Crippen molar-refractivity contribution in [1.29, 1.82) is 0 Å². The number of aryl methyl sites for hydroxylation is 1. The third-order valence-corrected chi connectivity index (χ3v) is 5.74. The Hall–Kier alpha value is -1.84. The minimum atomic E-state index is 0.0490. The predicted octanol–water partition coefficient (Wildman–Crippen LogP) is 4.99. The summed E-state index contributed by atoms with van der Waals surface area (Å²) in [7, 11) is 0. The highest BCUT2D eigenvalue weighted by Gasteiger charge is 2.26. The molecule has 0 radical (unpaired) electrons. The average molecular weight is 385 g/mol. The molecule has 144 valence electrons. The van der Waals surface area contributed by atoms with Crippen LogP contribution in [0.4, 0.5) is 0 Å². The molecule has 0 aliphatic carbocycles. The molecule has 1 aliphatic heterocycles. The molecule has 0 spiro atoms. The van der Waals surface area contributed by atoms with Crippen molar-refractivity contribution in [2.24, 2.45) is 5.92 Å². The van der Waals surface area contributed by atoms with E-state index in [0.717, 1.165) is 43.9 Å². The number of carbonyl (C=O) groups is 1. The summed E-state index contributed by atoms with van der Waals surface area (Å²) >= 11 is 6.07. The van der Waals surface area contributed by atoms with Gasteiger partial charge in [-0.3, -0.25) is 9.69 Å². The highest BCUT2D eigenvalue weighted by atomic mass is 35.5. The lowest BCUT2D eigenvalue weighted by Crippen LogP contribution is -2.40. The molecule has 0 unspecified atom stereocenters. The Morgan fingerprint density at radius 1 is 1.15 bits per heavy atom. The van der Waals surface area contributed by atoms with Gasteiger partial charge in [0.25, 0.3) is 0 Å². The van der Waals surface area contributed by atoms with Crippen molar-refractivity contribution in [2.45, 2.75) is 45.7 Å². The summed E-state index contributed by atoms with van der Waals surface area (Å²) in [6.45, 7) is 7.01. The van der Waals surface area contributed by atoms with E-state index in [1.165, 1.54) is 16.7 Å². The maximum Gasteiger partial charge on any atom is 0.223 e. The van der Waals surface area contributed by atoms with Crippen LogP contribution in [0, 0.1) is 5.92 Å². The van der Waals surface area contributed by atoms with Crippen molar-refractivity contribution in [3.8, 4) is 0 Å². The molecule has 4 heteroatoms. The second-order valence-electron chi connectivity index (χ2n) is 7.51. The van der Waals surface area contributed by atoms with Gasteiger partial charge < -0.3 is 5.32 Å². The van der Waals surface area contributed by atoms with E-state index in [1.807, 2.05) is 18.2 Å². The first-order valence-electron chi connectivity index (χ1n) is 9.91. The number of benzene rings is 2. The Bertz CT molecular complexity index is 751. The van der Waals surface area contributed by atoms with E-state index in [2.05, 4.69) is 54.4 Å². The van der Waals surface area contributed by atoms with Gasteiger partial charge in [-0.2, -0.15) is 0 Å². The van der Waals surface area contributed by atoms with Crippen LogP contribution in [-0.4, -0.2) is 23.9 Å². The van der Waals surface area contributed by atoms with E-state index in [9.17, 15) is 4.79 Å². The Morgan fingerprint density at radius 2 is 1.85 bits per heavy atom. The van der Waals surface area contributed by atoms with E-state index < -0.39 is 0 Å². The summed E-state index contributed by atoms with van der Waals surface area (Å²) in [6, 6.07) is 16.6. The molecule has 2 aromatic carbocycles. The summed E-state index contributed by atoms with van der Waals surface area (Å²) in [4.78, 5) is 15.1. The Labute approximate surface area is 167 Å². The van der Waals surface area contributed by atoms with Gasteiger partial charge in [0.15, 0.2) is 0 Å².